The highest BCUT2D eigenvalue weighted by Crippen LogP contribution is 2.26. The third kappa shape index (κ3) is 4.21. The first kappa shape index (κ1) is 15.4. The monoisotopic (exact) mass is 322 g/mol. The van der Waals surface area contributed by atoms with E-state index in [-0.39, 0.29) is 11.8 Å². The molecule has 6 heteroatoms. The summed E-state index contributed by atoms with van der Waals surface area (Å²) in [6, 6.07) is 11.5. The summed E-state index contributed by atoms with van der Waals surface area (Å²) in [7, 11) is 0. The Hall–Kier alpha value is -2.04. The highest BCUT2D eigenvalue weighted by Gasteiger charge is 2.08. The molecule has 2 N–H and O–H groups in total. The first-order valence-electron chi connectivity index (χ1n) is 6.10. The highest BCUT2D eigenvalue weighted by molar-refractivity contribution is 6.34. The van der Waals surface area contributed by atoms with Gasteiger partial charge in [0.1, 0.15) is 0 Å². The number of benzene rings is 2. The lowest BCUT2D eigenvalue weighted by Crippen LogP contribution is -2.12. The van der Waals surface area contributed by atoms with Gasteiger partial charge in [0, 0.05) is 23.2 Å². The molecule has 2 aromatic rings. The molecule has 4 nitrogen and oxygen atoms in total. The molecular formula is C15H12Cl2N2O2. The first-order valence-corrected chi connectivity index (χ1v) is 6.85. The zero-order chi connectivity index (χ0) is 15.4. The van der Waals surface area contributed by atoms with E-state index in [9.17, 15) is 9.59 Å². The van der Waals surface area contributed by atoms with Crippen LogP contribution in [0.4, 0.5) is 11.4 Å². The van der Waals surface area contributed by atoms with Crippen LogP contribution in [0.3, 0.4) is 0 Å². The summed E-state index contributed by atoms with van der Waals surface area (Å²) in [5.74, 6) is -0.506. The highest BCUT2D eigenvalue weighted by atomic mass is 35.5. The number of nitrogens with one attached hydrogen (secondary N) is 2. The minimum absolute atomic E-state index is 0.215. The lowest BCUT2D eigenvalue weighted by molar-refractivity contribution is -0.114. The fraction of sp³-hybridized carbons (Fsp3) is 0.0667. The SMILES string of the molecule is CC(=O)Nc1ccc(NC(=O)c2cccc(Cl)c2)cc1Cl. The third-order valence-electron chi connectivity index (χ3n) is 2.62. The number of rotatable bonds is 3. The summed E-state index contributed by atoms with van der Waals surface area (Å²) in [5, 5.41) is 6.13. The fourth-order valence-electron chi connectivity index (χ4n) is 1.72. The second kappa shape index (κ2) is 6.61. The molecule has 0 spiro atoms. The predicted molar refractivity (Wildman–Crippen MR) is 85.2 cm³/mol. The largest absolute Gasteiger partial charge is 0.325 e. The fourth-order valence-corrected chi connectivity index (χ4v) is 2.13. The summed E-state index contributed by atoms with van der Waals surface area (Å²) in [4.78, 5) is 23.1. The van der Waals surface area contributed by atoms with E-state index in [0.29, 0.717) is 27.0 Å². The maximum Gasteiger partial charge on any atom is 0.255 e. The van der Waals surface area contributed by atoms with Crippen molar-refractivity contribution in [1.82, 2.24) is 0 Å². The van der Waals surface area contributed by atoms with Crippen LogP contribution in [0.5, 0.6) is 0 Å². The molecule has 0 saturated carbocycles. The summed E-state index contributed by atoms with van der Waals surface area (Å²) < 4.78 is 0. The van der Waals surface area contributed by atoms with Gasteiger partial charge in [-0.2, -0.15) is 0 Å². The van der Waals surface area contributed by atoms with E-state index in [1.165, 1.54) is 6.92 Å². The standard InChI is InChI=1S/C15H12Cl2N2O2/c1-9(20)18-14-6-5-12(8-13(14)17)19-15(21)10-3-2-4-11(16)7-10/h2-8H,1H3,(H,18,20)(H,19,21). The molecule has 0 unspecified atom stereocenters. The first-order chi connectivity index (χ1) is 9.95. The van der Waals surface area contributed by atoms with Gasteiger partial charge in [-0.1, -0.05) is 29.3 Å². The quantitative estimate of drug-likeness (QED) is 0.889. The lowest BCUT2D eigenvalue weighted by atomic mass is 10.2. The molecule has 0 radical (unpaired) electrons. The minimum atomic E-state index is -0.291. The van der Waals surface area contributed by atoms with Crippen LogP contribution in [0.25, 0.3) is 0 Å². The van der Waals surface area contributed by atoms with E-state index in [0.717, 1.165) is 0 Å². The molecule has 0 fully saturated rings. The van der Waals surface area contributed by atoms with Gasteiger partial charge in [-0.15, -0.1) is 0 Å². The van der Waals surface area contributed by atoms with Crippen molar-refractivity contribution in [2.75, 3.05) is 10.6 Å². The van der Waals surface area contributed by atoms with E-state index >= 15 is 0 Å². The topological polar surface area (TPSA) is 58.2 Å². The average molecular weight is 323 g/mol. The Morgan fingerprint density at radius 3 is 2.38 bits per heavy atom. The summed E-state index contributed by atoms with van der Waals surface area (Å²) in [6.45, 7) is 1.39. The van der Waals surface area contributed by atoms with Gasteiger partial charge in [0.2, 0.25) is 5.91 Å². The molecule has 0 heterocycles. The van der Waals surface area contributed by atoms with E-state index in [1.807, 2.05) is 0 Å². The van der Waals surface area contributed by atoms with Crippen LogP contribution in [0.2, 0.25) is 10.0 Å². The number of carbonyl (C=O) groups excluding carboxylic acids is 2. The van der Waals surface area contributed by atoms with E-state index in [4.69, 9.17) is 23.2 Å². The molecule has 0 atom stereocenters. The van der Waals surface area contributed by atoms with Gasteiger partial charge in [0.25, 0.3) is 5.91 Å². The van der Waals surface area contributed by atoms with Gasteiger partial charge in [-0.25, -0.2) is 0 Å². The number of carbonyl (C=O) groups is 2. The molecule has 0 aromatic heterocycles. The zero-order valence-corrected chi connectivity index (χ0v) is 12.6. The van der Waals surface area contributed by atoms with Gasteiger partial charge in [0.05, 0.1) is 10.7 Å². The van der Waals surface area contributed by atoms with Crippen LogP contribution in [-0.2, 0) is 4.79 Å². The lowest BCUT2D eigenvalue weighted by Gasteiger charge is -2.09. The molecule has 0 aliphatic heterocycles. The van der Waals surface area contributed by atoms with Crippen molar-refractivity contribution < 1.29 is 9.59 Å². The second-order valence-electron chi connectivity index (χ2n) is 4.34. The zero-order valence-electron chi connectivity index (χ0n) is 11.1. The molecule has 0 aliphatic rings. The molecule has 0 aliphatic carbocycles. The maximum absolute atomic E-state index is 12.1. The van der Waals surface area contributed by atoms with Gasteiger partial charge in [-0.05, 0) is 36.4 Å². The third-order valence-corrected chi connectivity index (χ3v) is 3.17. The Labute approximate surface area is 132 Å². The van der Waals surface area contributed by atoms with Gasteiger partial charge in [0.15, 0.2) is 0 Å². The van der Waals surface area contributed by atoms with Gasteiger partial charge < -0.3 is 10.6 Å². The van der Waals surface area contributed by atoms with Crippen molar-refractivity contribution in [2.45, 2.75) is 6.92 Å². The average Bonchev–Trinajstić information content (AvgIpc) is 2.41. The molecule has 21 heavy (non-hydrogen) atoms. The number of hydrogen-bond donors (Lipinski definition) is 2. The molecule has 2 rings (SSSR count). The summed E-state index contributed by atoms with van der Waals surface area (Å²) in [6.07, 6.45) is 0. The molecule has 2 aromatic carbocycles. The van der Waals surface area contributed by atoms with Crippen LogP contribution in [0, 0.1) is 0 Å². The molecule has 108 valence electrons. The van der Waals surface area contributed by atoms with Crippen molar-refractivity contribution in [1.29, 1.82) is 0 Å². The number of anilines is 2. The van der Waals surface area contributed by atoms with Crippen LogP contribution in [-0.4, -0.2) is 11.8 Å². The van der Waals surface area contributed by atoms with E-state index in [1.54, 1.807) is 42.5 Å². The number of halogens is 2. The van der Waals surface area contributed by atoms with E-state index in [2.05, 4.69) is 10.6 Å². The maximum atomic E-state index is 12.1. The van der Waals surface area contributed by atoms with Crippen LogP contribution in [0.15, 0.2) is 42.5 Å². The molecule has 0 saturated heterocycles. The Kier molecular flexibility index (Phi) is 4.83. The summed E-state index contributed by atoms with van der Waals surface area (Å²) >= 11 is 11.9. The van der Waals surface area contributed by atoms with Gasteiger partial charge in [-0.3, -0.25) is 9.59 Å². The van der Waals surface area contributed by atoms with Crippen molar-refractivity contribution >= 4 is 46.4 Å². The van der Waals surface area contributed by atoms with Crippen LogP contribution < -0.4 is 10.6 Å². The molecule has 2 amide bonds. The normalized spacial score (nSPS) is 10.0. The molecule has 0 bridgehead atoms. The van der Waals surface area contributed by atoms with Crippen LogP contribution in [0.1, 0.15) is 17.3 Å². The van der Waals surface area contributed by atoms with Crippen molar-refractivity contribution in [2.24, 2.45) is 0 Å². The Balaban J connectivity index is 2.15. The minimum Gasteiger partial charge on any atom is -0.325 e. The Bertz CT molecular complexity index is 702. The number of amides is 2. The van der Waals surface area contributed by atoms with Crippen molar-refractivity contribution in [3.63, 3.8) is 0 Å². The smallest absolute Gasteiger partial charge is 0.255 e. The second-order valence-corrected chi connectivity index (χ2v) is 5.18. The van der Waals surface area contributed by atoms with Crippen molar-refractivity contribution in [3.8, 4) is 0 Å². The summed E-state index contributed by atoms with van der Waals surface area (Å²) in [5.41, 5.74) is 1.47. The molecular weight excluding hydrogens is 311 g/mol. The number of hydrogen-bond acceptors (Lipinski definition) is 2. The Morgan fingerprint density at radius 1 is 1.00 bits per heavy atom. The Morgan fingerprint density at radius 2 is 1.76 bits per heavy atom. The van der Waals surface area contributed by atoms with E-state index < -0.39 is 0 Å². The van der Waals surface area contributed by atoms with Gasteiger partial charge >= 0.3 is 0 Å². The predicted octanol–water partition coefficient (Wildman–Crippen LogP) is 4.20. The van der Waals surface area contributed by atoms with Crippen molar-refractivity contribution in [3.05, 3.63) is 58.1 Å². The van der Waals surface area contributed by atoms with Crippen LogP contribution >= 0.6 is 23.2 Å².